The van der Waals surface area contributed by atoms with Gasteiger partial charge in [-0.2, -0.15) is 8.78 Å². The van der Waals surface area contributed by atoms with E-state index in [4.69, 9.17) is 4.52 Å². The lowest BCUT2D eigenvalue weighted by molar-refractivity contribution is -0.133. The van der Waals surface area contributed by atoms with Gasteiger partial charge in [-0.3, -0.25) is 9.59 Å². The maximum absolute atomic E-state index is 12.5. The lowest BCUT2D eigenvalue weighted by atomic mass is 9.95. The van der Waals surface area contributed by atoms with Gasteiger partial charge in [0.2, 0.25) is 11.8 Å². The van der Waals surface area contributed by atoms with E-state index >= 15 is 0 Å². The third kappa shape index (κ3) is 5.28. The van der Waals surface area contributed by atoms with Crippen molar-refractivity contribution in [2.45, 2.75) is 32.8 Å². The number of nitrogens with one attached hydrogen (secondary N) is 1. The summed E-state index contributed by atoms with van der Waals surface area (Å²) in [5.41, 5.74) is 0.716. The maximum atomic E-state index is 12.5. The Hall–Kier alpha value is -2.97. The van der Waals surface area contributed by atoms with E-state index in [9.17, 15) is 18.4 Å². The van der Waals surface area contributed by atoms with Gasteiger partial charge in [0.25, 0.3) is 0 Å². The number of likely N-dealkylation sites (tertiary alicyclic amines) is 1. The standard InChI is InChI=1S/C19H21F2N3O4/c1-12-10-16(23-28-12)22-18(26)14-6-8-24(9-7-14)17(25)11-13-2-4-15(5-3-13)27-19(20)21/h2-5,10,14,19H,6-9,11H2,1H3,(H,22,23,26). The predicted molar refractivity (Wildman–Crippen MR) is 96.0 cm³/mol. The van der Waals surface area contributed by atoms with Gasteiger partial charge < -0.3 is 19.5 Å². The molecule has 1 aliphatic rings. The largest absolute Gasteiger partial charge is 0.435 e. The minimum atomic E-state index is -2.88. The monoisotopic (exact) mass is 393 g/mol. The van der Waals surface area contributed by atoms with Crippen molar-refractivity contribution in [2.24, 2.45) is 5.92 Å². The van der Waals surface area contributed by atoms with Crippen molar-refractivity contribution in [2.75, 3.05) is 18.4 Å². The molecular weight excluding hydrogens is 372 g/mol. The van der Waals surface area contributed by atoms with Crippen molar-refractivity contribution in [1.29, 1.82) is 0 Å². The first-order chi connectivity index (χ1) is 13.4. The van der Waals surface area contributed by atoms with Crippen LogP contribution in [0.15, 0.2) is 34.9 Å². The van der Waals surface area contributed by atoms with E-state index in [-0.39, 0.29) is 29.9 Å². The molecule has 9 heteroatoms. The van der Waals surface area contributed by atoms with Gasteiger partial charge in [-0.15, -0.1) is 0 Å². The fraction of sp³-hybridized carbons (Fsp3) is 0.421. The second-order valence-electron chi connectivity index (χ2n) is 6.67. The van der Waals surface area contributed by atoms with Gasteiger partial charge in [0, 0.05) is 25.1 Å². The Kier molecular flexibility index (Phi) is 6.23. The van der Waals surface area contributed by atoms with E-state index in [2.05, 4.69) is 15.2 Å². The molecule has 2 heterocycles. The molecule has 28 heavy (non-hydrogen) atoms. The van der Waals surface area contributed by atoms with Gasteiger partial charge in [-0.25, -0.2) is 0 Å². The second-order valence-corrected chi connectivity index (χ2v) is 6.67. The zero-order valence-corrected chi connectivity index (χ0v) is 15.4. The molecule has 3 rings (SSSR count). The topological polar surface area (TPSA) is 84.7 Å². The molecule has 0 unspecified atom stereocenters. The molecule has 1 saturated heterocycles. The summed E-state index contributed by atoms with van der Waals surface area (Å²) in [6.45, 7) is -0.159. The van der Waals surface area contributed by atoms with Crippen LogP contribution in [-0.4, -0.2) is 41.6 Å². The first-order valence-electron chi connectivity index (χ1n) is 8.96. The zero-order valence-electron chi connectivity index (χ0n) is 15.4. The SMILES string of the molecule is Cc1cc(NC(=O)C2CCN(C(=O)Cc3ccc(OC(F)F)cc3)CC2)no1. The number of alkyl halides is 2. The first kappa shape index (κ1) is 19.8. The van der Waals surface area contributed by atoms with E-state index in [1.807, 2.05) is 0 Å². The Bertz CT molecular complexity index is 815. The predicted octanol–water partition coefficient (Wildman–Crippen LogP) is 3.00. The van der Waals surface area contributed by atoms with E-state index in [1.54, 1.807) is 30.0 Å². The summed E-state index contributed by atoms with van der Waals surface area (Å²) >= 11 is 0. The van der Waals surface area contributed by atoms with Crippen LogP contribution in [0.2, 0.25) is 0 Å². The number of carbonyl (C=O) groups excluding carboxylic acids is 2. The lowest BCUT2D eigenvalue weighted by Crippen LogP contribution is -2.42. The van der Waals surface area contributed by atoms with Gasteiger partial charge in [-0.05, 0) is 37.5 Å². The van der Waals surface area contributed by atoms with Crippen molar-refractivity contribution in [3.8, 4) is 5.75 Å². The van der Waals surface area contributed by atoms with Crippen LogP contribution in [0.4, 0.5) is 14.6 Å². The number of aromatic nitrogens is 1. The molecular formula is C19H21F2N3O4. The average Bonchev–Trinajstić information content (AvgIpc) is 3.07. The van der Waals surface area contributed by atoms with Crippen LogP contribution in [0.5, 0.6) is 5.75 Å². The number of hydrogen-bond acceptors (Lipinski definition) is 5. The van der Waals surface area contributed by atoms with Crippen LogP contribution in [0.1, 0.15) is 24.2 Å². The molecule has 0 spiro atoms. The number of aryl methyl sites for hydroxylation is 1. The highest BCUT2D eigenvalue weighted by atomic mass is 19.3. The summed E-state index contributed by atoms with van der Waals surface area (Å²) in [7, 11) is 0. The van der Waals surface area contributed by atoms with Crippen LogP contribution >= 0.6 is 0 Å². The molecule has 1 aromatic carbocycles. The third-order valence-corrected chi connectivity index (χ3v) is 4.60. The molecule has 2 amide bonds. The number of hydrogen-bond donors (Lipinski definition) is 1. The van der Waals surface area contributed by atoms with Gasteiger partial charge in [0.15, 0.2) is 5.82 Å². The molecule has 7 nitrogen and oxygen atoms in total. The summed E-state index contributed by atoms with van der Waals surface area (Å²) in [5, 5.41) is 6.46. The summed E-state index contributed by atoms with van der Waals surface area (Å²) in [6.07, 6.45) is 1.30. The second kappa shape index (κ2) is 8.81. The average molecular weight is 393 g/mol. The van der Waals surface area contributed by atoms with E-state index < -0.39 is 6.61 Å². The lowest BCUT2D eigenvalue weighted by Gasteiger charge is -2.31. The van der Waals surface area contributed by atoms with E-state index in [0.717, 1.165) is 0 Å². The Morgan fingerprint density at radius 3 is 2.54 bits per heavy atom. The fourth-order valence-electron chi connectivity index (χ4n) is 3.12. The number of piperidine rings is 1. The van der Waals surface area contributed by atoms with Gasteiger partial charge in [0.05, 0.1) is 6.42 Å². The molecule has 1 aromatic heterocycles. The summed E-state index contributed by atoms with van der Waals surface area (Å²) < 4.78 is 33.5. The van der Waals surface area contributed by atoms with Crippen LogP contribution in [0, 0.1) is 12.8 Å². The Morgan fingerprint density at radius 2 is 1.96 bits per heavy atom. The molecule has 0 saturated carbocycles. The maximum Gasteiger partial charge on any atom is 0.387 e. The summed E-state index contributed by atoms with van der Waals surface area (Å²) in [4.78, 5) is 26.5. The van der Waals surface area contributed by atoms with Gasteiger partial charge in [0.1, 0.15) is 11.5 Å². The smallest absolute Gasteiger partial charge is 0.387 e. The molecule has 1 N–H and O–H groups in total. The minimum Gasteiger partial charge on any atom is -0.435 e. The molecule has 0 aliphatic carbocycles. The highest BCUT2D eigenvalue weighted by molar-refractivity contribution is 5.91. The van der Waals surface area contributed by atoms with E-state index in [1.165, 1.54) is 12.1 Å². The van der Waals surface area contributed by atoms with Gasteiger partial charge in [-0.1, -0.05) is 17.3 Å². The number of rotatable bonds is 6. The fourth-order valence-corrected chi connectivity index (χ4v) is 3.12. The van der Waals surface area contributed by atoms with Crippen LogP contribution in [0.3, 0.4) is 0 Å². The number of benzene rings is 1. The van der Waals surface area contributed by atoms with Crippen molar-refractivity contribution in [3.05, 3.63) is 41.7 Å². The molecule has 0 atom stereocenters. The van der Waals surface area contributed by atoms with Crippen molar-refractivity contribution in [1.82, 2.24) is 10.1 Å². The van der Waals surface area contributed by atoms with Crippen molar-refractivity contribution in [3.63, 3.8) is 0 Å². The Labute approximate surface area is 160 Å². The van der Waals surface area contributed by atoms with Crippen LogP contribution < -0.4 is 10.1 Å². The van der Waals surface area contributed by atoms with Crippen molar-refractivity contribution >= 4 is 17.6 Å². The van der Waals surface area contributed by atoms with Crippen LogP contribution in [-0.2, 0) is 16.0 Å². The number of halogens is 2. The first-order valence-corrected chi connectivity index (χ1v) is 8.96. The number of amides is 2. The normalized spacial score (nSPS) is 14.9. The Morgan fingerprint density at radius 1 is 1.29 bits per heavy atom. The molecule has 0 bridgehead atoms. The highest BCUT2D eigenvalue weighted by Gasteiger charge is 2.27. The molecule has 150 valence electrons. The number of anilines is 1. The molecule has 1 fully saturated rings. The summed E-state index contributed by atoms with van der Waals surface area (Å²) in [6, 6.07) is 7.66. The van der Waals surface area contributed by atoms with Gasteiger partial charge >= 0.3 is 6.61 Å². The highest BCUT2D eigenvalue weighted by Crippen LogP contribution is 2.21. The molecule has 1 aliphatic heterocycles. The Balaban J connectivity index is 1.46. The van der Waals surface area contributed by atoms with Crippen molar-refractivity contribution < 1.29 is 27.6 Å². The summed E-state index contributed by atoms with van der Waals surface area (Å²) in [5.74, 6) is 0.681. The van der Waals surface area contributed by atoms with Crippen LogP contribution in [0.25, 0.3) is 0 Å². The quantitative estimate of drug-likeness (QED) is 0.816. The number of carbonyl (C=O) groups is 2. The zero-order chi connectivity index (χ0) is 20.1. The number of ether oxygens (including phenoxy) is 1. The molecule has 0 radical (unpaired) electrons. The molecule has 2 aromatic rings. The third-order valence-electron chi connectivity index (χ3n) is 4.60. The minimum absolute atomic E-state index is 0.0559. The van der Waals surface area contributed by atoms with E-state index in [0.29, 0.717) is 43.1 Å². The number of nitrogens with zero attached hydrogens (tertiary/aromatic N) is 2.